The summed E-state index contributed by atoms with van der Waals surface area (Å²) in [6.07, 6.45) is 7.07. The zero-order valence-corrected chi connectivity index (χ0v) is 15.9. The summed E-state index contributed by atoms with van der Waals surface area (Å²) in [5, 5.41) is 3.29. The van der Waals surface area contributed by atoms with Gasteiger partial charge in [0.05, 0.1) is 6.04 Å². The predicted molar refractivity (Wildman–Crippen MR) is 108 cm³/mol. The highest BCUT2D eigenvalue weighted by molar-refractivity contribution is 5.85. The van der Waals surface area contributed by atoms with Crippen LogP contribution in [0.15, 0.2) is 42.5 Å². The normalized spacial score (nSPS) is 21.1. The molecule has 0 spiro atoms. The Morgan fingerprint density at radius 1 is 1.04 bits per heavy atom. The number of hydrogen-bond acceptors (Lipinski definition) is 2. The van der Waals surface area contributed by atoms with Gasteiger partial charge in [-0.1, -0.05) is 30.3 Å². The minimum atomic E-state index is 0. The lowest BCUT2D eigenvalue weighted by atomic mass is 9.82. The van der Waals surface area contributed by atoms with Gasteiger partial charge in [0.1, 0.15) is 0 Å². The summed E-state index contributed by atoms with van der Waals surface area (Å²) in [5.41, 5.74) is 12.1. The van der Waals surface area contributed by atoms with Crippen LogP contribution in [0.4, 0.5) is 5.69 Å². The Morgan fingerprint density at radius 2 is 1.85 bits per heavy atom. The number of amides is 1. The minimum absolute atomic E-state index is 0. The van der Waals surface area contributed by atoms with Crippen molar-refractivity contribution in [2.45, 2.75) is 51.0 Å². The number of fused-ring (bicyclic) bond motifs is 2. The molecule has 2 aliphatic rings. The van der Waals surface area contributed by atoms with Crippen LogP contribution < -0.4 is 11.1 Å². The van der Waals surface area contributed by atoms with Crippen LogP contribution in [-0.2, 0) is 24.1 Å². The van der Waals surface area contributed by atoms with Gasteiger partial charge in [0.15, 0.2) is 0 Å². The van der Waals surface area contributed by atoms with E-state index < -0.39 is 0 Å². The molecule has 4 rings (SSSR count). The van der Waals surface area contributed by atoms with Crippen molar-refractivity contribution in [1.82, 2.24) is 5.32 Å². The largest absolute Gasteiger partial charge is 0.399 e. The van der Waals surface area contributed by atoms with E-state index in [4.69, 9.17) is 5.73 Å². The summed E-state index contributed by atoms with van der Waals surface area (Å²) in [6.45, 7) is 0. The maximum atomic E-state index is 12.6. The van der Waals surface area contributed by atoms with Gasteiger partial charge in [-0.05, 0) is 78.8 Å². The third kappa shape index (κ3) is 4.04. The number of benzene rings is 2. The molecule has 0 heterocycles. The molecule has 2 unspecified atom stereocenters. The molecule has 0 radical (unpaired) electrons. The maximum absolute atomic E-state index is 12.6. The highest BCUT2D eigenvalue weighted by Crippen LogP contribution is 2.32. The summed E-state index contributed by atoms with van der Waals surface area (Å²) in [5.74, 6) is 0.656. The van der Waals surface area contributed by atoms with Crippen molar-refractivity contribution in [1.29, 1.82) is 0 Å². The van der Waals surface area contributed by atoms with Crippen molar-refractivity contribution in [3.05, 3.63) is 64.7 Å². The van der Waals surface area contributed by atoms with Crippen molar-refractivity contribution in [2.24, 2.45) is 5.92 Å². The fraction of sp³-hybridized carbons (Fsp3) is 0.409. The van der Waals surface area contributed by atoms with Crippen molar-refractivity contribution in [2.75, 3.05) is 5.73 Å². The van der Waals surface area contributed by atoms with E-state index in [2.05, 4.69) is 41.7 Å². The van der Waals surface area contributed by atoms with E-state index in [0.717, 1.165) is 44.2 Å². The molecule has 4 heteroatoms. The molecule has 3 nitrogen and oxygen atoms in total. The molecule has 0 saturated carbocycles. The van der Waals surface area contributed by atoms with Gasteiger partial charge in [0.25, 0.3) is 0 Å². The number of nitrogens with two attached hydrogens (primary N) is 1. The Hall–Kier alpha value is -2.00. The first-order valence-corrected chi connectivity index (χ1v) is 9.43. The van der Waals surface area contributed by atoms with Crippen LogP contribution >= 0.6 is 12.4 Å². The van der Waals surface area contributed by atoms with Crippen LogP contribution in [-0.4, -0.2) is 5.91 Å². The molecular weight excluding hydrogens is 344 g/mol. The summed E-state index contributed by atoms with van der Waals surface area (Å²) >= 11 is 0. The third-order valence-corrected chi connectivity index (χ3v) is 5.74. The average Bonchev–Trinajstić information content (AvgIpc) is 2.61. The van der Waals surface area contributed by atoms with Gasteiger partial charge in [-0.2, -0.15) is 0 Å². The Labute approximate surface area is 161 Å². The number of rotatable bonds is 3. The van der Waals surface area contributed by atoms with Crippen LogP contribution in [0.1, 0.15) is 54.0 Å². The lowest BCUT2D eigenvalue weighted by Gasteiger charge is -2.28. The van der Waals surface area contributed by atoms with Gasteiger partial charge in [-0.3, -0.25) is 4.79 Å². The molecule has 26 heavy (non-hydrogen) atoms. The van der Waals surface area contributed by atoms with Gasteiger partial charge in [-0.25, -0.2) is 0 Å². The monoisotopic (exact) mass is 370 g/mol. The second-order valence-electron chi connectivity index (χ2n) is 7.55. The van der Waals surface area contributed by atoms with Crippen LogP contribution in [0.2, 0.25) is 0 Å². The van der Waals surface area contributed by atoms with Gasteiger partial charge < -0.3 is 11.1 Å². The summed E-state index contributed by atoms with van der Waals surface area (Å²) in [6, 6.07) is 14.9. The Kier molecular flexibility index (Phi) is 5.87. The molecule has 2 aromatic carbocycles. The molecule has 2 aliphatic carbocycles. The molecule has 0 aromatic heterocycles. The smallest absolute Gasteiger partial charge is 0.220 e. The molecule has 2 atom stereocenters. The van der Waals surface area contributed by atoms with E-state index in [-0.39, 0.29) is 24.4 Å². The van der Waals surface area contributed by atoms with Crippen molar-refractivity contribution in [3.63, 3.8) is 0 Å². The molecular formula is C22H27ClN2O. The number of halogens is 1. The van der Waals surface area contributed by atoms with Crippen molar-refractivity contribution in [3.8, 4) is 0 Å². The van der Waals surface area contributed by atoms with E-state index in [1.54, 1.807) is 0 Å². The Bertz CT molecular complexity index is 789. The molecule has 0 saturated heterocycles. The Morgan fingerprint density at radius 3 is 2.69 bits per heavy atom. The minimum Gasteiger partial charge on any atom is -0.399 e. The number of carbonyl (C=O) groups is 1. The van der Waals surface area contributed by atoms with Crippen LogP contribution in [0.3, 0.4) is 0 Å². The first-order valence-electron chi connectivity index (χ1n) is 9.43. The molecule has 0 fully saturated rings. The lowest BCUT2D eigenvalue weighted by Crippen LogP contribution is -2.33. The van der Waals surface area contributed by atoms with E-state index in [9.17, 15) is 4.79 Å². The van der Waals surface area contributed by atoms with Crippen LogP contribution in [0.25, 0.3) is 0 Å². The number of hydrogen-bond donors (Lipinski definition) is 2. The van der Waals surface area contributed by atoms with E-state index in [1.165, 1.54) is 22.3 Å². The predicted octanol–water partition coefficient (Wildman–Crippen LogP) is 4.38. The van der Waals surface area contributed by atoms with Crippen LogP contribution in [0, 0.1) is 5.92 Å². The van der Waals surface area contributed by atoms with Gasteiger partial charge in [-0.15, -0.1) is 12.4 Å². The first kappa shape index (κ1) is 18.8. The fourth-order valence-corrected chi connectivity index (χ4v) is 4.45. The fourth-order valence-electron chi connectivity index (χ4n) is 4.45. The molecule has 1 amide bonds. The van der Waals surface area contributed by atoms with E-state index >= 15 is 0 Å². The Balaban J connectivity index is 0.00000196. The van der Waals surface area contributed by atoms with Crippen molar-refractivity contribution < 1.29 is 4.79 Å². The molecule has 138 valence electrons. The van der Waals surface area contributed by atoms with Gasteiger partial charge in [0, 0.05) is 12.1 Å². The number of nitrogens with one attached hydrogen (secondary N) is 1. The third-order valence-electron chi connectivity index (χ3n) is 5.74. The molecule has 0 aliphatic heterocycles. The number of nitrogen functional groups attached to an aromatic ring is 1. The van der Waals surface area contributed by atoms with Gasteiger partial charge in [0.2, 0.25) is 5.91 Å². The zero-order chi connectivity index (χ0) is 17.2. The summed E-state index contributed by atoms with van der Waals surface area (Å²) < 4.78 is 0. The second kappa shape index (κ2) is 8.13. The highest BCUT2D eigenvalue weighted by atomic mass is 35.5. The second-order valence-corrected chi connectivity index (χ2v) is 7.55. The van der Waals surface area contributed by atoms with Crippen molar-refractivity contribution >= 4 is 24.0 Å². The molecule has 2 aromatic rings. The first-order chi connectivity index (χ1) is 12.2. The topological polar surface area (TPSA) is 55.1 Å². The number of anilines is 1. The summed E-state index contributed by atoms with van der Waals surface area (Å²) in [7, 11) is 0. The molecule has 3 N–H and O–H groups in total. The number of aryl methyl sites for hydroxylation is 2. The SMILES string of the molecule is Cl.Nc1ccc2c(c1)CCCC2NC(=O)CC1CCc2ccccc2C1. The molecule has 0 bridgehead atoms. The summed E-state index contributed by atoms with van der Waals surface area (Å²) in [4.78, 5) is 12.6. The van der Waals surface area contributed by atoms with E-state index in [1.807, 2.05) is 6.07 Å². The quantitative estimate of drug-likeness (QED) is 0.788. The van der Waals surface area contributed by atoms with E-state index in [0.29, 0.717) is 12.3 Å². The van der Waals surface area contributed by atoms with Crippen LogP contribution in [0.5, 0.6) is 0 Å². The lowest BCUT2D eigenvalue weighted by molar-refractivity contribution is -0.123. The zero-order valence-electron chi connectivity index (χ0n) is 15.0. The maximum Gasteiger partial charge on any atom is 0.220 e. The average molecular weight is 371 g/mol. The standard InChI is InChI=1S/C22H26N2O.ClH/c23-19-10-11-20-18(14-19)6-3-7-21(20)24-22(25)13-15-8-9-16-4-1-2-5-17(16)12-15;/h1-2,4-5,10-11,14-15,21H,3,6-9,12-13,23H2,(H,24,25);1H. The van der Waals surface area contributed by atoms with Gasteiger partial charge >= 0.3 is 0 Å². The highest BCUT2D eigenvalue weighted by Gasteiger charge is 2.25. The number of carbonyl (C=O) groups excluding carboxylic acids is 1.